The number of hydrogen-bond acceptors (Lipinski definition) is 2. The van der Waals surface area contributed by atoms with Crippen molar-refractivity contribution < 1.29 is 0 Å². The molecule has 0 saturated heterocycles. The van der Waals surface area contributed by atoms with Crippen LogP contribution in [0.5, 0.6) is 0 Å². The topological polar surface area (TPSA) is 0 Å². The average molecular weight is 434 g/mol. The van der Waals surface area contributed by atoms with E-state index in [0.717, 1.165) is 29.9 Å². The summed E-state index contributed by atoms with van der Waals surface area (Å²) in [5.41, 5.74) is 6.90. The molecule has 0 unspecified atom stereocenters. The van der Waals surface area contributed by atoms with Crippen molar-refractivity contribution in [2.75, 3.05) is 0 Å². The predicted molar refractivity (Wildman–Crippen MR) is 93.9 cm³/mol. The standard InChI is InChI=1S/C16H20S2Se2/c1-9-13-5-19-7-15-11(3)18-12(4)16(15)8-20-6-14(13)10(2)17-9/h5-8H2,1-4H3. The average Bonchev–Trinajstić information content (AvgIpc) is 2.82. The molecule has 0 atom stereocenters. The molecule has 0 N–H and O–H groups in total. The summed E-state index contributed by atoms with van der Waals surface area (Å²) in [6, 6.07) is 0. The molecule has 3 rings (SSSR count). The van der Waals surface area contributed by atoms with E-state index in [2.05, 4.69) is 27.7 Å². The van der Waals surface area contributed by atoms with E-state index in [0.29, 0.717) is 0 Å². The summed E-state index contributed by atoms with van der Waals surface area (Å²) >= 11 is 5.52. The van der Waals surface area contributed by atoms with Crippen molar-refractivity contribution in [1.82, 2.24) is 0 Å². The summed E-state index contributed by atoms with van der Waals surface area (Å²) in [5, 5.41) is 5.40. The van der Waals surface area contributed by atoms with Crippen molar-refractivity contribution in [2.45, 2.75) is 49.0 Å². The minimum absolute atomic E-state index is 0.727. The van der Waals surface area contributed by atoms with Gasteiger partial charge in [-0.25, -0.2) is 0 Å². The second kappa shape index (κ2) is 6.28. The maximum atomic E-state index is 2.33. The van der Waals surface area contributed by atoms with E-state index < -0.39 is 0 Å². The molecule has 0 radical (unpaired) electrons. The molecule has 2 aromatic rings. The molecule has 0 spiro atoms. The van der Waals surface area contributed by atoms with Crippen LogP contribution in [0.4, 0.5) is 0 Å². The zero-order valence-electron chi connectivity index (χ0n) is 12.5. The van der Waals surface area contributed by atoms with Crippen molar-refractivity contribution in [2.24, 2.45) is 0 Å². The molecule has 0 aromatic carbocycles. The van der Waals surface area contributed by atoms with Crippen LogP contribution in [0.3, 0.4) is 0 Å². The van der Waals surface area contributed by atoms with Crippen LogP contribution >= 0.6 is 22.7 Å². The fraction of sp³-hybridized carbons (Fsp3) is 0.500. The molecule has 108 valence electrons. The van der Waals surface area contributed by atoms with E-state index in [9.17, 15) is 0 Å². The Kier molecular flexibility index (Phi) is 4.82. The molecule has 20 heavy (non-hydrogen) atoms. The molecule has 1 aliphatic rings. The Morgan fingerprint density at radius 1 is 0.550 bits per heavy atom. The summed E-state index contributed by atoms with van der Waals surface area (Å²) in [7, 11) is 0. The fourth-order valence-corrected chi connectivity index (χ4v) is 11.3. The van der Waals surface area contributed by atoms with Gasteiger partial charge in [0.05, 0.1) is 0 Å². The number of hydrogen-bond donors (Lipinski definition) is 0. The Hall–Kier alpha value is 0.439. The van der Waals surface area contributed by atoms with Gasteiger partial charge in [0.2, 0.25) is 0 Å². The Morgan fingerprint density at radius 3 is 1.05 bits per heavy atom. The third kappa shape index (κ3) is 2.84. The predicted octanol–water partition coefficient (Wildman–Crippen LogP) is 4.17. The van der Waals surface area contributed by atoms with Gasteiger partial charge in [-0.05, 0) is 0 Å². The summed E-state index contributed by atoms with van der Waals surface area (Å²) in [5.74, 6) is 0. The first-order chi connectivity index (χ1) is 9.58. The van der Waals surface area contributed by atoms with Gasteiger partial charge in [-0.1, -0.05) is 0 Å². The Bertz CT molecular complexity index is 532. The van der Waals surface area contributed by atoms with Crippen LogP contribution < -0.4 is 0 Å². The third-order valence-electron chi connectivity index (χ3n) is 4.03. The Balaban J connectivity index is 1.92. The number of rotatable bonds is 0. The molecule has 0 fully saturated rings. The van der Waals surface area contributed by atoms with E-state index in [-0.39, 0.29) is 0 Å². The molecule has 2 aromatic heterocycles. The van der Waals surface area contributed by atoms with Crippen LogP contribution in [0, 0.1) is 27.7 Å². The number of fused-ring (bicyclic) bond motifs is 2. The fourth-order valence-electron chi connectivity index (χ4n) is 2.82. The third-order valence-corrected chi connectivity index (χ3v) is 10.4. The van der Waals surface area contributed by atoms with Gasteiger partial charge in [0.15, 0.2) is 0 Å². The summed E-state index contributed by atoms with van der Waals surface area (Å²) in [4.78, 5) is 6.37. The van der Waals surface area contributed by atoms with E-state index in [1.165, 1.54) is 21.3 Å². The van der Waals surface area contributed by atoms with E-state index in [4.69, 9.17) is 0 Å². The second-order valence-electron chi connectivity index (χ2n) is 5.33. The van der Waals surface area contributed by atoms with Crippen molar-refractivity contribution >= 4 is 52.6 Å². The molecule has 0 amide bonds. The molecule has 1 aliphatic heterocycles. The van der Waals surface area contributed by atoms with Gasteiger partial charge in [0, 0.05) is 0 Å². The van der Waals surface area contributed by atoms with Crippen LogP contribution in [0.1, 0.15) is 41.8 Å². The van der Waals surface area contributed by atoms with Gasteiger partial charge in [0.1, 0.15) is 0 Å². The van der Waals surface area contributed by atoms with Gasteiger partial charge in [-0.2, -0.15) is 0 Å². The SMILES string of the molecule is Cc1sc(C)c2c1C[Se]Cc1c(C)sc(C)c1C[Se]C2. The van der Waals surface area contributed by atoms with Gasteiger partial charge in [0.25, 0.3) is 0 Å². The molecular weight excluding hydrogens is 414 g/mol. The quantitative estimate of drug-likeness (QED) is 0.547. The van der Waals surface area contributed by atoms with Gasteiger partial charge in [-0.3, -0.25) is 0 Å². The van der Waals surface area contributed by atoms with Crippen molar-refractivity contribution in [3.63, 3.8) is 0 Å². The zero-order chi connectivity index (χ0) is 14.3. The van der Waals surface area contributed by atoms with Gasteiger partial charge < -0.3 is 0 Å². The van der Waals surface area contributed by atoms with E-state index in [1.54, 1.807) is 41.8 Å². The van der Waals surface area contributed by atoms with Crippen LogP contribution in [0.25, 0.3) is 0 Å². The molecule has 0 nitrogen and oxygen atoms in total. The normalized spacial score (nSPS) is 15.8. The van der Waals surface area contributed by atoms with Crippen molar-refractivity contribution in [3.8, 4) is 0 Å². The first-order valence-corrected chi connectivity index (χ1v) is 13.4. The summed E-state index contributed by atoms with van der Waals surface area (Å²) in [6.07, 6.45) is 0. The molecule has 3 heterocycles. The zero-order valence-corrected chi connectivity index (χ0v) is 17.5. The van der Waals surface area contributed by atoms with Crippen LogP contribution in [0.15, 0.2) is 0 Å². The monoisotopic (exact) mass is 436 g/mol. The van der Waals surface area contributed by atoms with Crippen LogP contribution in [-0.4, -0.2) is 29.9 Å². The number of thiophene rings is 2. The van der Waals surface area contributed by atoms with Gasteiger partial charge >= 0.3 is 143 Å². The van der Waals surface area contributed by atoms with E-state index in [1.807, 2.05) is 22.7 Å². The summed E-state index contributed by atoms with van der Waals surface area (Å²) < 4.78 is 0. The molecular formula is C16H20S2Se2. The Morgan fingerprint density at radius 2 is 0.800 bits per heavy atom. The Labute approximate surface area is 142 Å². The maximum absolute atomic E-state index is 2.33. The molecule has 0 bridgehead atoms. The van der Waals surface area contributed by atoms with Crippen molar-refractivity contribution in [3.05, 3.63) is 41.8 Å². The molecule has 4 heteroatoms. The second-order valence-corrected chi connectivity index (χ2v) is 12.3. The first kappa shape index (κ1) is 15.3. The molecule has 0 aliphatic carbocycles. The van der Waals surface area contributed by atoms with Crippen LogP contribution in [-0.2, 0) is 21.3 Å². The summed E-state index contributed by atoms with van der Waals surface area (Å²) in [6.45, 7) is 9.32. The number of aryl methyl sites for hydroxylation is 4. The van der Waals surface area contributed by atoms with E-state index >= 15 is 0 Å². The minimum atomic E-state index is 0.727. The van der Waals surface area contributed by atoms with Crippen molar-refractivity contribution in [1.29, 1.82) is 0 Å². The van der Waals surface area contributed by atoms with Gasteiger partial charge in [-0.15, -0.1) is 0 Å². The first-order valence-electron chi connectivity index (χ1n) is 6.89. The van der Waals surface area contributed by atoms with Crippen LogP contribution in [0.2, 0.25) is 0 Å². The molecule has 0 saturated carbocycles.